The van der Waals surface area contributed by atoms with Crippen LogP contribution in [0.5, 0.6) is 0 Å². The van der Waals surface area contributed by atoms with Gasteiger partial charge in [-0.15, -0.1) is 0 Å². The second-order valence-corrected chi connectivity index (χ2v) is 9.58. The van der Waals surface area contributed by atoms with Crippen molar-refractivity contribution in [2.75, 3.05) is 6.61 Å². The summed E-state index contributed by atoms with van der Waals surface area (Å²) in [6.45, 7) is -1.25. The van der Waals surface area contributed by atoms with Gasteiger partial charge in [-0.3, -0.25) is 23.4 Å². The molecule has 4 atom stereocenters. The first-order valence-electron chi connectivity index (χ1n) is 10.9. The summed E-state index contributed by atoms with van der Waals surface area (Å²) in [5, 5.41) is 20.5. The molecule has 204 valence electrons. The van der Waals surface area contributed by atoms with Crippen LogP contribution in [-0.2, 0) is 26.5 Å². The summed E-state index contributed by atoms with van der Waals surface area (Å²) in [6, 6.07) is 8.50. The van der Waals surface area contributed by atoms with E-state index in [1.165, 1.54) is 36.5 Å². The first-order valence-corrected chi connectivity index (χ1v) is 12.4. The highest BCUT2D eigenvalue weighted by Gasteiger charge is 2.45. The average Bonchev–Trinajstić information content (AvgIpc) is 3.13. The fourth-order valence-corrected chi connectivity index (χ4v) is 4.36. The van der Waals surface area contributed by atoms with Crippen LogP contribution in [0.15, 0.2) is 64.4 Å². The first kappa shape index (κ1) is 27.9. The maximum atomic E-state index is 13.5. The molecule has 0 aliphatic carbocycles. The Labute approximate surface area is 211 Å². The number of aliphatic hydroxyl groups excluding tert-OH is 2. The second kappa shape index (κ2) is 10.5. The Morgan fingerprint density at radius 2 is 1.79 bits per heavy atom. The monoisotopic (exact) mass is 559 g/mol. The number of halogens is 3. The molecule has 0 radical (unpaired) electrons. The molecule has 38 heavy (non-hydrogen) atoms. The fraction of sp³-hybridized carbons (Fsp3) is 0.318. The third-order valence-electron chi connectivity index (χ3n) is 5.79. The molecule has 3 heterocycles. The average molecular weight is 559 g/mol. The number of rotatable bonds is 7. The molecule has 16 heteroatoms. The van der Waals surface area contributed by atoms with Gasteiger partial charge in [-0.1, -0.05) is 18.2 Å². The van der Waals surface area contributed by atoms with E-state index in [9.17, 15) is 37.5 Å². The summed E-state index contributed by atoms with van der Waals surface area (Å²) in [7, 11) is -4.91. The Morgan fingerprint density at radius 3 is 2.47 bits per heavy atom. The quantitative estimate of drug-likeness (QED) is 0.304. The van der Waals surface area contributed by atoms with Crippen molar-refractivity contribution in [3.63, 3.8) is 0 Å². The maximum Gasteiger partial charge on any atom is 0.469 e. The van der Waals surface area contributed by atoms with Gasteiger partial charge in [0, 0.05) is 18.5 Å². The number of nitrogens with zero attached hydrogens (tertiary/aromatic N) is 3. The third-order valence-corrected chi connectivity index (χ3v) is 6.28. The lowest BCUT2D eigenvalue weighted by Crippen LogP contribution is -2.43. The molecule has 0 amide bonds. The summed E-state index contributed by atoms with van der Waals surface area (Å²) in [6.07, 6.45) is -8.77. The predicted octanol–water partition coefficient (Wildman–Crippen LogP) is 0.868. The molecule has 4 rings (SSSR count). The maximum absolute atomic E-state index is 13.5. The number of aromatic nitrogens is 3. The van der Waals surface area contributed by atoms with E-state index < -0.39 is 68.5 Å². The van der Waals surface area contributed by atoms with Crippen molar-refractivity contribution in [3.8, 4) is 11.1 Å². The standard InChI is InChI=1S/C22H21F3N3O9P/c23-22(24,25)15-4-2-1-3-14(15)12-5-7-26-13(9-12)10-28-17(29)6-8-27(21(28)32)20-19(31)18(30)16(37-20)11-36-38(33,34)35/h1-9,16,18-20,30-31H,10-11H2,(H2,33,34,35)/t16-,18+,19+,20-/m1/s1. The van der Waals surface area contributed by atoms with Gasteiger partial charge in [0.05, 0.1) is 24.4 Å². The van der Waals surface area contributed by atoms with Crippen LogP contribution in [-0.4, -0.2) is 59.0 Å². The number of alkyl halides is 3. The molecule has 1 aliphatic heterocycles. The Balaban J connectivity index is 1.64. The van der Waals surface area contributed by atoms with Crippen LogP contribution in [0.3, 0.4) is 0 Å². The van der Waals surface area contributed by atoms with Gasteiger partial charge in [0.2, 0.25) is 0 Å². The lowest BCUT2D eigenvalue weighted by molar-refractivity contribution is -0.137. The molecule has 0 bridgehead atoms. The topological polar surface area (TPSA) is 173 Å². The number of benzene rings is 1. The third kappa shape index (κ3) is 5.94. The zero-order valence-electron chi connectivity index (χ0n) is 19.2. The van der Waals surface area contributed by atoms with Crippen LogP contribution in [0.1, 0.15) is 17.5 Å². The van der Waals surface area contributed by atoms with E-state index in [1.807, 2.05) is 0 Å². The molecular weight excluding hydrogens is 538 g/mol. The highest BCUT2D eigenvalue weighted by atomic mass is 31.2. The Bertz CT molecular complexity index is 1490. The van der Waals surface area contributed by atoms with E-state index in [4.69, 9.17) is 14.5 Å². The van der Waals surface area contributed by atoms with Crippen molar-refractivity contribution < 1.29 is 47.0 Å². The highest BCUT2D eigenvalue weighted by molar-refractivity contribution is 7.46. The summed E-state index contributed by atoms with van der Waals surface area (Å²) >= 11 is 0. The lowest BCUT2D eigenvalue weighted by Gasteiger charge is -2.19. The van der Waals surface area contributed by atoms with Crippen molar-refractivity contribution in [2.24, 2.45) is 0 Å². The van der Waals surface area contributed by atoms with Crippen molar-refractivity contribution in [2.45, 2.75) is 37.3 Å². The Morgan fingerprint density at radius 1 is 1.08 bits per heavy atom. The van der Waals surface area contributed by atoms with E-state index in [2.05, 4.69) is 9.51 Å². The Kier molecular flexibility index (Phi) is 7.72. The van der Waals surface area contributed by atoms with E-state index in [1.54, 1.807) is 0 Å². The van der Waals surface area contributed by atoms with Gasteiger partial charge in [0.25, 0.3) is 5.56 Å². The van der Waals surface area contributed by atoms with Crippen LogP contribution in [0.2, 0.25) is 0 Å². The fourth-order valence-electron chi connectivity index (χ4n) is 4.01. The number of phosphoric acid groups is 1. The second-order valence-electron chi connectivity index (χ2n) is 8.34. The molecule has 0 spiro atoms. The van der Waals surface area contributed by atoms with Gasteiger partial charge < -0.3 is 24.7 Å². The first-order chi connectivity index (χ1) is 17.8. The molecular formula is C22H21F3N3O9P. The minimum Gasteiger partial charge on any atom is -0.387 e. The smallest absolute Gasteiger partial charge is 0.387 e. The van der Waals surface area contributed by atoms with Gasteiger partial charge in [-0.2, -0.15) is 13.2 Å². The van der Waals surface area contributed by atoms with Crippen molar-refractivity contribution in [1.82, 2.24) is 14.1 Å². The lowest BCUT2D eigenvalue weighted by atomic mass is 9.99. The van der Waals surface area contributed by atoms with Crippen LogP contribution in [0, 0.1) is 0 Å². The minimum absolute atomic E-state index is 0.0808. The highest BCUT2D eigenvalue weighted by Crippen LogP contribution is 2.38. The summed E-state index contributed by atoms with van der Waals surface area (Å²) < 4.78 is 62.5. The van der Waals surface area contributed by atoms with Gasteiger partial charge in [0.15, 0.2) is 6.23 Å². The molecule has 4 N–H and O–H groups in total. The normalized spacial score (nSPS) is 22.1. The molecule has 1 aliphatic rings. The van der Waals surface area contributed by atoms with E-state index in [0.29, 0.717) is 4.57 Å². The molecule has 1 aromatic carbocycles. The molecule has 2 aromatic heterocycles. The van der Waals surface area contributed by atoms with Crippen LogP contribution in [0.25, 0.3) is 11.1 Å². The molecule has 12 nitrogen and oxygen atoms in total. The van der Waals surface area contributed by atoms with Crippen LogP contribution < -0.4 is 11.2 Å². The number of aliphatic hydroxyl groups is 2. The molecule has 1 saturated heterocycles. The molecule has 0 saturated carbocycles. The SMILES string of the molecule is O=c1ccn([C@@H]2O[C@H](COP(=O)(O)O)[C@H](O)[C@@H]2O)c(=O)n1Cc1cc(-c2ccccc2C(F)(F)F)ccn1. The molecule has 1 fully saturated rings. The van der Waals surface area contributed by atoms with Gasteiger partial charge in [0.1, 0.15) is 18.3 Å². The number of hydrogen-bond acceptors (Lipinski definition) is 8. The van der Waals surface area contributed by atoms with Gasteiger partial charge >= 0.3 is 19.7 Å². The Hall–Kier alpha value is -3.17. The van der Waals surface area contributed by atoms with E-state index >= 15 is 0 Å². The van der Waals surface area contributed by atoms with Crippen LogP contribution >= 0.6 is 7.82 Å². The zero-order chi connectivity index (χ0) is 27.8. The number of phosphoric ester groups is 1. The van der Waals surface area contributed by atoms with E-state index in [0.717, 1.165) is 22.9 Å². The zero-order valence-corrected chi connectivity index (χ0v) is 20.1. The summed E-state index contributed by atoms with van der Waals surface area (Å²) in [5.41, 5.74) is -2.56. The van der Waals surface area contributed by atoms with Crippen molar-refractivity contribution in [1.29, 1.82) is 0 Å². The molecule has 0 unspecified atom stereocenters. The summed E-state index contributed by atoms with van der Waals surface area (Å²) in [4.78, 5) is 47.3. The van der Waals surface area contributed by atoms with Crippen LogP contribution in [0.4, 0.5) is 13.2 Å². The minimum atomic E-state index is -4.91. The molecule has 3 aromatic rings. The van der Waals surface area contributed by atoms with Crippen molar-refractivity contribution >= 4 is 7.82 Å². The van der Waals surface area contributed by atoms with E-state index in [-0.39, 0.29) is 16.8 Å². The van der Waals surface area contributed by atoms with Gasteiger partial charge in [-0.25, -0.2) is 9.36 Å². The number of pyridine rings is 1. The van der Waals surface area contributed by atoms with Gasteiger partial charge in [-0.05, 0) is 29.3 Å². The number of ether oxygens (including phenoxy) is 1. The summed E-state index contributed by atoms with van der Waals surface area (Å²) in [5.74, 6) is 0. The number of hydrogen-bond donors (Lipinski definition) is 4. The predicted molar refractivity (Wildman–Crippen MR) is 123 cm³/mol. The largest absolute Gasteiger partial charge is 0.469 e. The van der Waals surface area contributed by atoms with Crippen molar-refractivity contribution in [3.05, 3.63) is 87.0 Å².